The van der Waals surface area contributed by atoms with Gasteiger partial charge in [-0.25, -0.2) is 9.78 Å². The molecule has 0 atom stereocenters. The fraction of sp³-hybridized carbons (Fsp3) is 0.519. The van der Waals surface area contributed by atoms with Crippen LogP contribution in [0.5, 0.6) is 5.75 Å². The SMILES string of the molecule is COc1cc(-c2nc(N3CCC(N4CCOCC4)CC3)n3ccnc(C)c23)ccc1NC(=O)OC(C)C. The first kappa shape index (κ1) is 25.3. The molecule has 1 amide bonds. The zero-order valence-electron chi connectivity index (χ0n) is 22.1. The molecule has 0 bridgehead atoms. The minimum atomic E-state index is -0.517. The number of anilines is 2. The number of aryl methyl sites for hydroxylation is 1. The van der Waals surface area contributed by atoms with Crippen LogP contribution in [0.3, 0.4) is 0 Å². The van der Waals surface area contributed by atoms with Gasteiger partial charge in [0.25, 0.3) is 0 Å². The summed E-state index contributed by atoms with van der Waals surface area (Å²) in [6, 6.07) is 6.26. The molecule has 0 aliphatic carbocycles. The highest BCUT2D eigenvalue weighted by Crippen LogP contribution is 2.36. The summed E-state index contributed by atoms with van der Waals surface area (Å²) in [6.07, 6.45) is 5.29. The number of amides is 1. The third-order valence-electron chi connectivity index (χ3n) is 7.08. The van der Waals surface area contributed by atoms with Crippen LogP contribution in [-0.4, -0.2) is 84.0 Å². The van der Waals surface area contributed by atoms with Gasteiger partial charge in [-0.3, -0.25) is 19.6 Å². The predicted octanol–water partition coefficient (Wildman–Crippen LogP) is 3.97. The lowest BCUT2D eigenvalue weighted by Gasteiger charge is -2.40. The number of nitrogens with one attached hydrogen (secondary N) is 1. The second-order valence-corrected chi connectivity index (χ2v) is 9.85. The first-order valence-electron chi connectivity index (χ1n) is 13.0. The molecule has 0 spiro atoms. The Morgan fingerprint density at radius 3 is 2.62 bits per heavy atom. The van der Waals surface area contributed by atoms with E-state index in [9.17, 15) is 4.79 Å². The Morgan fingerprint density at radius 1 is 1.16 bits per heavy atom. The van der Waals surface area contributed by atoms with E-state index in [4.69, 9.17) is 19.2 Å². The lowest BCUT2D eigenvalue weighted by molar-refractivity contribution is 0.0114. The summed E-state index contributed by atoms with van der Waals surface area (Å²) >= 11 is 0. The quantitative estimate of drug-likeness (QED) is 0.535. The van der Waals surface area contributed by atoms with Gasteiger partial charge < -0.3 is 19.1 Å². The number of ether oxygens (including phenoxy) is 3. The number of hydrogen-bond acceptors (Lipinski definition) is 8. The maximum atomic E-state index is 12.1. The molecular formula is C27H36N6O4. The van der Waals surface area contributed by atoms with Crippen molar-refractivity contribution in [2.24, 2.45) is 0 Å². The minimum absolute atomic E-state index is 0.213. The number of piperidine rings is 1. The molecule has 1 aromatic carbocycles. The van der Waals surface area contributed by atoms with Gasteiger partial charge in [0.1, 0.15) is 11.4 Å². The summed E-state index contributed by atoms with van der Waals surface area (Å²) in [6.45, 7) is 11.2. The Labute approximate surface area is 217 Å². The second-order valence-electron chi connectivity index (χ2n) is 9.85. The summed E-state index contributed by atoms with van der Waals surface area (Å²) < 4.78 is 18.5. The van der Waals surface area contributed by atoms with Gasteiger partial charge in [-0.1, -0.05) is 6.07 Å². The third kappa shape index (κ3) is 5.35. The number of aromatic nitrogens is 3. The number of hydrogen-bond donors (Lipinski definition) is 1. The van der Waals surface area contributed by atoms with E-state index in [0.717, 1.165) is 80.7 Å². The molecule has 2 aromatic heterocycles. The highest BCUT2D eigenvalue weighted by Gasteiger charge is 2.28. The molecule has 2 aliphatic rings. The average molecular weight is 509 g/mol. The van der Waals surface area contributed by atoms with E-state index >= 15 is 0 Å². The normalized spacial score (nSPS) is 17.4. The van der Waals surface area contributed by atoms with Gasteiger partial charge in [-0.05, 0) is 45.7 Å². The van der Waals surface area contributed by atoms with Crippen LogP contribution in [0.4, 0.5) is 16.4 Å². The van der Waals surface area contributed by atoms with Gasteiger partial charge in [0.05, 0.1) is 43.3 Å². The molecule has 3 aromatic rings. The first-order valence-corrected chi connectivity index (χ1v) is 13.0. The summed E-state index contributed by atoms with van der Waals surface area (Å²) in [4.78, 5) is 26.8. The maximum Gasteiger partial charge on any atom is 0.411 e. The van der Waals surface area contributed by atoms with Gasteiger partial charge in [0.15, 0.2) is 0 Å². The molecule has 2 fully saturated rings. The van der Waals surface area contributed by atoms with Crippen LogP contribution in [0.25, 0.3) is 16.8 Å². The first-order chi connectivity index (χ1) is 17.9. The summed E-state index contributed by atoms with van der Waals surface area (Å²) in [5.41, 5.74) is 4.14. The van der Waals surface area contributed by atoms with E-state index in [0.29, 0.717) is 17.5 Å². The maximum absolute atomic E-state index is 12.1. The van der Waals surface area contributed by atoms with Crippen LogP contribution < -0.4 is 15.0 Å². The van der Waals surface area contributed by atoms with Gasteiger partial charge in [-0.15, -0.1) is 0 Å². The Hall–Kier alpha value is -3.37. The highest BCUT2D eigenvalue weighted by atomic mass is 16.6. The zero-order valence-corrected chi connectivity index (χ0v) is 22.1. The Morgan fingerprint density at radius 2 is 1.92 bits per heavy atom. The Balaban J connectivity index is 1.43. The standard InChI is InChI=1S/C27H36N6O4/c1-18(2)37-27(34)29-22-6-5-20(17-23(22)35-4)24-25-19(3)28-9-12-33(25)26(30-24)32-10-7-21(8-11-32)31-13-15-36-16-14-31/h5-6,9,12,17-18,21H,7-8,10-11,13-16H2,1-4H3,(H,29,34). The van der Waals surface area contributed by atoms with Crippen molar-refractivity contribution in [1.29, 1.82) is 0 Å². The van der Waals surface area contributed by atoms with Crippen molar-refractivity contribution in [1.82, 2.24) is 19.3 Å². The topological polar surface area (TPSA) is 93.5 Å². The van der Waals surface area contributed by atoms with E-state index in [1.807, 2.05) is 51.4 Å². The Bertz CT molecular complexity index is 1250. The number of rotatable bonds is 6. The van der Waals surface area contributed by atoms with Crippen molar-refractivity contribution in [3.05, 3.63) is 36.3 Å². The molecule has 0 saturated carbocycles. The van der Waals surface area contributed by atoms with Crippen LogP contribution in [0.15, 0.2) is 30.6 Å². The van der Waals surface area contributed by atoms with Crippen molar-refractivity contribution in [2.75, 3.05) is 56.7 Å². The molecule has 2 aliphatic heterocycles. The van der Waals surface area contributed by atoms with E-state index in [2.05, 4.69) is 24.5 Å². The van der Waals surface area contributed by atoms with Crippen LogP contribution in [0.1, 0.15) is 32.4 Å². The summed E-state index contributed by atoms with van der Waals surface area (Å²) in [5.74, 6) is 1.46. The molecule has 0 radical (unpaired) electrons. The number of imidazole rings is 1. The largest absolute Gasteiger partial charge is 0.495 e. The van der Waals surface area contributed by atoms with E-state index in [1.54, 1.807) is 7.11 Å². The molecule has 37 heavy (non-hydrogen) atoms. The van der Waals surface area contributed by atoms with Crippen LogP contribution in [0, 0.1) is 6.92 Å². The zero-order chi connectivity index (χ0) is 25.9. The number of carbonyl (C=O) groups is 1. The number of nitrogens with zero attached hydrogens (tertiary/aromatic N) is 5. The van der Waals surface area contributed by atoms with E-state index in [1.165, 1.54) is 0 Å². The summed E-state index contributed by atoms with van der Waals surface area (Å²) in [5, 5.41) is 2.76. The molecule has 2 saturated heterocycles. The second kappa shape index (κ2) is 10.9. The molecule has 10 nitrogen and oxygen atoms in total. The van der Waals surface area contributed by atoms with Crippen molar-refractivity contribution >= 4 is 23.2 Å². The molecular weight excluding hydrogens is 472 g/mol. The van der Waals surface area contributed by atoms with Gasteiger partial charge in [0.2, 0.25) is 5.95 Å². The Kier molecular flexibility index (Phi) is 7.48. The van der Waals surface area contributed by atoms with Gasteiger partial charge in [-0.2, -0.15) is 0 Å². The molecule has 1 N–H and O–H groups in total. The fourth-order valence-corrected chi connectivity index (χ4v) is 5.27. The molecule has 10 heteroatoms. The van der Waals surface area contributed by atoms with Crippen molar-refractivity contribution in [2.45, 2.75) is 45.8 Å². The van der Waals surface area contributed by atoms with Crippen molar-refractivity contribution in [3.8, 4) is 17.0 Å². The average Bonchev–Trinajstić information content (AvgIpc) is 3.30. The summed E-state index contributed by atoms with van der Waals surface area (Å²) in [7, 11) is 1.58. The predicted molar refractivity (Wildman–Crippen MR) is 143 cm³/mol. The third-order valence-corrected chi connectivity index (χ3v) is 7.08. The number of morpholine rings is 1. The van der Waals surface area contributed by atoms with Crippen molar-refractivity contribution in [3.63, 3.8) is 0 Å². The molecule has 4 heterocycles. The number of fused-ring (bicyclic) bond motifs is 1. The van der Waals surface area contributed by atoms with Crippen LogP contribution in [-0.2, 0) is 9.47 Å². The van der Waals surface area contributed by atoms with Gasteiger partial charge in [0, 0.05) is 50.2 Å². The highest BCUT2D eigenvalue weighted by molar-refractivity contribution is 5.89. The van der Waals surface area contributed by atoms with Crippen LogP contribution >= 0.6 is 0 Å². The lowest BCUT2D eigenvalue weighted by Crippen LogP contribution is -2.49. The number of benzene rings is 1. The monoisotopic (exact) mass is 508 g/mol. The number of carbonyl (C=O) groups excluding carboxylic acids is 1. The smallest absolute Gasteiger partial charge is 0.411 e. The van der Waals surface area contributed by atoms with Crippen LogP contribution in [0.2, 0.25) is 0 Å². The molecule has 198 valence electrons. The van der Waals surface area contributed by atoms with Crippen molar-refractivity contribution < 1.29 is 19.0 Å². The molecule has 0 unspecified atom stereocenters. The van der Waals surface area contributed by atoms with Gasteiger partial charge >= 0.3 is 6.09 Å². The van der Waals surface area contributed by atoms with E-state index < -0.39 is 6.09 Å². The number of methoxy groups -OCH3 is 1. The minimum Gasteiger partial charge on any atom is -0.495 e. The molecule has 5 rings (SSSR count). The lowest BCUT2D eigenvalue weighted by atomic mass is 10.0. The fourth-order valence-electron chi connectivity index (χ4n) is 5.27. The van der Waals surface area contributed by atoms with E-state index in [-0.39, 0.29) is 6.10 Å².